The molecule has 1 aliphatic rings. The Morgan fingerprint density at radius 2 is 2.13 bits per heavy atom. The van der Waals surface area contributed by atoms with Crippen LogP contribution in [0.2, 0.25) is 5.02 Å². The van der Waals surface area contributed by atoms with Crippen LogP contribution in [-0.2, 0) is 22.7 Å². The van der Waals surface area contributed by atoms with Crippen molar-refractivity contribution in [2.75, 3.05) is 27.2 Å². The van der Waals surface area contributed by atoms with Crippen molar-refractivity contribution < 1.29 is 18.7 Å². The van der Waals surface area contributed by atoms with Gasteiger partial charge in [0.15, 0.2) is 0 Å². The fourth-order valence-electron chi connectivity index (χ4n) is 3.50. The molecule has 1 atom stereocenters. The van der Waals surface area contributed by atoms with E-state index in [1.807, 2.05) is 29.2 Å². The lowest BCUT2D eigenvalue weighted by molar-refractivity contribution is -0.138. The minimum atomic E-state index is -0.611. The number of nitrogens with one attached hydrogen (secondary N) is 1. The monoisotopic (exact) mass is 433 g/mol. The molecular weight excluding hydrogens is 409 g/mol. The lowest BCUT2D eigenvalue weighted by Gasteiger charge is -2.35. The highest BCUT2D eigenvalue weighted by molar-refractivity contribution is 6.31. The molecule has 30 heavy (non-hydrogen) atoms. The largest absolute Gasteiger partial charge is 0.497 e. The van der Waals surface area contributed by atoms with Crippen LogP contribution in [-0.4, -0.2) is 54.9 Å². The molecule has 1 aliphatic heterocycles. The Morgan fingerprint density at radius 3 is 2.87 bits per heavy atom. The van der Waals surface area contributed by atoms with Crippen LogP contribution in [0.5, 0.6) is 5.75 Å². The molecule has 0 aliphatic carbocycles. The molecule has 0 bridgehead atoms. The summed E-state index contributed by atoms with van der Waals surface area (Å²) in [5.74, 6) is -0.0221. The number of amides is 2. The number of piperazine rings is 1. The van der Waals surface area contributed by atoms with E-state index in [0.29, 0.717) is 31.2 Å². The summed E-state index contributed by atoms with van der Waals surface area (Å²) < 4.78 is 18.6. The summed E-state index contributed by atoms with van der Waals surface area (Å²) in [6.45, 7) is 1.84. The Labute approximate surface area is 180 Å². The van der Waals surface area contributed by atoms with Crippen LogP contribution in [0.15, 0.2) is 42.5 Å². The maximum Gasteiger partial charge on any atom is 0.237 e. The summed E-state index contributed by atoms with van der Waals surface area (Å²) in [6.07, 6.45) is 0.0467. The van der Waals surface area contributed by atoms with Crippen LogP contribution < -0.4 is 10.1 Å². The van der Waals surface area contributed by atoms with Gasteiger partial charge in [0.1, 0.15) is 11.6 Å². The maximum absolute atomic E-state index is 13.3. The number of rotatable bonds is 7. The lowest BCUT2D eigenvalue weighted by atomic mass is 10.1. The van der Waals surface area contributed by atoms with E-state index in [1.54, 1.807) is 25.1 Å². The van der Waals surface area contributed by atoms with Gasteiger partial charge in [0, 0.05) is 38.2 Å². The molecule has 1 fully saturated rings. The van der Waals surface area contributed by atoms with E-state index in [1.165, 1.54) is 12.1 Å². The Bertz CT molecular complexity index is 924. The molecular formula is C22H25ClFN3O3. The number of hydrogen-bond acceptors (Lipinski definition) is 4. The third-order valence-corrected chi connectivity index (χ3v) is 5.53. The van der Waals surface area contributed by atoms with Gasteiger partial charge in [-0.2, -0.15) is 0 Å². The van der Waals surface area contributed by atoms with Gasteiger partial charge in [-0.05, 0) is 35.4 Å². The summed E-state index contributed by atoms with van der Waals surface area (Å²) in [6, 6.07) is 11.1. The molecule has 0 saturated carbocycles. The van der Waals surface area contributed by atoms with Gasteiger partial charge in [-0.1, -0.05) is 29.8 Å². The van der Waals surface area contributed by atoms with Crippen LogP contribution in [0.4, 0.5) is 4.39 Å². The molecule has 1 saturated heterocycles. The van der Waals surface area contributed by atoms with Crippen LogP contribution in [0.1, 0.15) is 17.5 Å². The number of carbonyl (C=O) groups is 2. The van der Waals surface area contributed by atoms with Crippen molar-refractivity contribution in [2.24, 2.45) is 0 Å². The van der Waals surface area contributed by atoms with E-state index in [2.05, 4.69) is 5.32 Å². The minimum absolute atomic E-state index is 0.0467. The maximum atomic E-state index is 13.3. The SMILES string of the molecule is COc1cccc(CN(C)C(=O)CC2C(=O)NCCN2Cc2ccc(F)cc2Cl)c1. The number of nitrogens with zero attached hydrogens (tertiary/aromatic N) is 2. The molecule has 0 spiro atoms. The zero-order valence-electron chi connectivity index (χ0n) is 17.0. The van der Waals surface area contributed by atoms with Crippen molar-refractivity contribution in [3.05, 3.63) is 64.4 Å². The van der Waals surface area contributed by atoms with Crippen molar-refractivity contribution >= 4 is 23.4 Å². The Hall–Kier alpha value is -2.64. The average molecular weight is 434 g/mol. The highest BCUT2D eigenvalue weighted by atomic mass is 35.5. The molecule has 160 valence electrons. The van der Waals surface area contributed by atoms with Crippen LogP contribution in [0, 0.1) is 5.82 Å². The van der Waals surface area contributed by atoms with Gasteiger partial charge in [-0.25, -0.2) is 4.39 Å². The van der Waals surface area contributed by atoms with E-state index >= 15 is 0 Å². The van der Waals surface area contributed by atoms with E-state index in [4.69, 9.17) is 16.3 Å². The summed E-state index contributed by atoms with van der Waals surface area (Å²) in [5.41, 5.74) is 1.66. The highest BCUT2D eigenvalue weighted by Gasteiger charge is 2.32. The fourth-order valence-corrected chi connectivity index (χ4v) is 3.72. The van der Waals surface area contributed by atoms with E-state index in [-0.39, 0.29) is 18.2 Å². The molecule has 8 heteroatoms. The predicted octanol–water partition coefficient (Wildman–Crippen LogP) is 2.84. The molecule has 2 aromatic carbocycles. The first-order chi connectivity index (χ1) is 14.4. The van der Waals surface area contributed by atoms with Gasteiger partial charge in [0.25, 0.3) is 0 Å². The fraction of sp³-hybridized carbons (Fsp3) is 0.364. The first-order valence-corrected chi connectivity index (χ1v) is 10.1. The van der Waals surface area contributed by atoms with Gasteiger partial charge in [0.2, 0.25) is 11.8 Å². The van der Waals surface area contributed by atoms with Crippen molar-refractivity contribution in [3.8, 4) is 5.75 Å². The zero-order valence-corrected chi connectivity index (χ0v) is 17.8. The van der Waals surface area contributed by atoms with Crippen molar-refractivity contribution in [3.63, 3.8) is 0 Å². The van der Waals surface area contributed by atoms with Crippen LogP contribution in [0.25, 0.3) is 0 Å². The van der Waals surface area contributed by atoms with Gasteiger partial charge >= 0.3 is 0 Å². The van der Waals surface area contributed by atoms with Gasteiger partial charge < -0.3 is 15.0 Å². The van der Waals surface area contributed by atoms with Crippen molar-refractivity contribution in [1.29, 1.82) is 0 Å². The number of ether oxygens (including phenoxy) is 1. The summed E-state index contributed by atoms with van der Waals surface area (Å²) in [7, 11) is 3.31. The Morgan fingerprint density at radius 1 is 1.33 bits per heavy atom. The molecule has 1 N–H and O–H groups in total. The van der Waals surface area contributed by atoms with Crippen molar-refractivity contribution in [2.45, 2.75) is 25.6 Å². The van der Waals surface area contributed by atoms with Crippen LogP contribution in [0.3, 0.4) is 0 Å². The molecule has 0 radical (unpaired) electrons. The molecule has 2 amide bonds. The Kier molecular flexibility index (Phi) is 7.29. The highest BCUT2D eigenvalue weighted by Crippen LogP contribution is 2.22. The smallest absolute Gasteiger partial charge is 0.237 e. The summed E-state index contributed by atoms with van der Waals surface area (Å²) >= 11 is 6.15. The normalized spacial score (nSPS) is 16.8. The summed E-state index contributed by atoms with van der Waals surface area (Å²) in [4.78, 5) is 28.8. The van der Waals surface area contributed by atoms with Gasteiger partial charge in [-0.3, -0.25) is 14.5 Å². The second-order valence-electron chi connectivity index (χ2n) is 7.32. The van der Waals surface area contributed by atoms with Crippen molar-refractivity contribution in [1.82, 2.24) is 15.1 Å². The topological polar surface area (TPSA) is 61.9 Å². The summed E-state index contributed by atoms with van der Waals surface area (Å²) in [5, 5.41) is 3.13. The van der Waals surface area contributed by atoms with Gasteiger partial charge in [-0.15, -0.1) is 0 Å². The number of benzene rings is 2. The first kappa shape index (κ1) is 22.1. The average Bonchev–Trinajstić information content (AvgIpc) is 2.72. The standard InChI is InChI=1S/C22H25ClFN3O3/c1-26(13-15-4-3-5-18(10-15)30-2)21(28)12-20-22(29)25-8-9-27(20)14-16-6-7-17(24)11-19(16)23/h3-7,10-11,20H,8-9,12-14H2,1-2H3,(H,25,29). The molecule has 0 aromatic heterocycles. The molecule has 1 unspecified atom stereocenters. The third kappa shape index (κ3) is 5.49. The molecule has 3 rings (SSSR count). The number of hydrogen-bond donors (Lipinski definition) is 1. The quantitative estimate of drug-likeness (QED) is 0.729. The first-order valence-electron chi connectivity index (χ1n) is 9.70. The van der Waals surface area contributed by atoms with E-state index < -0.39 is 11.9 Å². The molecule has 2 aromatic rings. The zero-order chi connectivity index (χ0) is 21.7. The number of halogens is 2. The second kappa shape index (κ2) is 9.91. The van der Waals surface area contributed by atoms with Gasteiger partial charge in [0.05, 0.1) is 19.6 Å². The number of carbonyl (C=O) groups excluding carboxylic acids is 2. The van der Waals surface area contributed by atoms with E-state index in [0.717, 1.165) is 16.9 Å². The second-order valence-corrected chi connectivity index (χ2v) is 7.73. The third-order valence-electron chi connectivity index (χ3n) is 5.18. The minimum Gasteiger partial charge on any atom is -0.497 e. The number of methoxy groups -OCH3 is 1. The predicted molar refractivity (Wildman–Crippen MR) is 113 cm³/mol. The van der Waals surface area contributed by atoms with E-state index in [9.17, 15) is 14.0 Å². The Balaban J connectivity index is 1.67. The molecule has 1 heterocycles. The lowest BCUT2D eigenvalue weighted by Crippen LogP contribution is -2.56. The molecule has 6 nitrogen and oxygen atoms in total. The van der Waals surface area contributed by atoms with Crippen LogP contribution >= 0.6 is 11.6 Å².